The molecule has 0 fully saturated rings. The van der Waals surface area contributed by atoms with Crippen molar-refractivity contribution in [2.45, 2.75) is 24.6 Å². The Morgan fingerprint density at radius 2 is 1.81 bits per heavy atom. The van der Waals surface area contributed by atoms with E-state index in [2.05, 4.69) is 34.1 Å². The lowest BCUT2D eigenvalue weighted by Crippen LogP contribution is -2.13. The molecule has 0 atom stereocenters. The maximum atomic E-state index is 12.6. The van der Waals surface area contributed by atoms with Crippen molar-refractivity contribution >= 4 is 37.8 Å². The topological polar surface area (TPSA) is 64.0 Å². The molecule has 2 aromatic carbocycles. The number of aromatic nitrogens is 2. The molecule has 5 nitrogen and oxygen atoms in total. The minimum Gasteiger partial charge on any atom is -0.275 e. The van der Waals surface area contributed by atoms with Crippen molar-refractivity contribution in [2.75, 3.05) is 4.72 Å². The smallest absolute Gasteiger partial charge is 0.271 e. The number of anilines is 1. The van der Waals surface area contributed by atoms with E-state index in [1.807, 2.05) is 36.7 Å². The molecule has 0 amide bonds. The van der Waals surface area contributed by atoms with Crippen molar-refractivity contribution in [3.63, 3.8) is 0 Å². The number of benzene rings is 2. The summed E-state index contributed by atoms with van der Waals surface area (Å²) in [7, 11) is -3.59. The van der Waals surface area contributed by atoms with E-state index in [0.717, 1.165) is 11.3 Å². The number of fused-ring (bicyclic) bond motifs is 1. The largest absolute Gasteiger partial charge is 0.275 e. The molecule has 0 spiro atoms. The molecule has 2 aromatic heterocycles. The summed E-state index contributed by atoms with van der Waals surface area (Å²) < 4.78 is 30.0. The number of hydrogen-bond donors (Lipinski definition) is 1. The van der Waals surface area contributed by atoms with E-state index in [1.165, 1.54) is 22.1 Å². The molecule has 0 aliphatic rings. The fourth-order valence-electron chi connectivity index (χ4n) is 3.19. The van der Waals surface area contributed by atoms with Crippen LogP contribution < -0.4 is 4.72 Å². The Morgan fingerprint density at radius 3 is 2.59 bits per heavy atom. The Morgan fingerprint density at radius 1 is 1.04 bits per heavy atom. The standard InChI is InChI=1S/C20H19N3O2S2/c1-14-20(22-27(24,25)19-11-6-12-26-19)15(2)23(21-14)13-17-9-5-8-16-7-3-4-10-18(16)17/h3-12,22H,13H2,1-2H3. The molecule has 0 radical (unpaired) electrons. The fraction of sp³-hybridized carbons (Fsp3) is 0.150. The summed E-state index contributed by atoms with van der Waals surface area (Å²) in [5.41, 5.74) is 3.14. The van der Waals surface area contributed by atoms with Gasteiger partial charge >= 0.3 is 0 Å². The van der Waals surface area contributed by atoms with Crippen LogP contribution in [0, 0.1) is 13.8 Å². The van der Waals surface area contributed by atoms with Gasteiger partial charge in [0.05, 0.1) is 23.6 Å². The molecule has 138 valence electrons. The maximum Gasteiger partial charge on any atom is 0.271 e. The Hall–Kier alpha value is -2.64. The molecule has 27 heavy (non-hydrogen) atoms. The van der Waals surface area contributed by atoms with E-state index in [1.54, 1.807) is 17.5 Å². The van der Waals surface area contributed by atoms with Crippen LogP contribution in [-0.2, 0) is 16.6 Å². The first-order valence-electron chi connectivity index (χ1n) is 8.53. The third-order valence-corrected chi connectivity index (χ3v) is 7.33. The van der Waals surface area contributed by atoms with Gasteiger partial charge in [-0.15, -0.1) is 11.3 Å². The van der Waals surface area contributed by atoms with Crippen LogP contribution in [0.15, 0.2) is 64.2 Å². The number of sulfonamides is 1. The summed E-state index contributed by atoms with van der Waals surface area (Å²) in [5, 5.41) is 8.67. The lowest BCUT2D eigenvalue weighted by molar-refractivity contribution is 0.603. The third-order valence-electron chi connectivity index (χ3n) is 4.58. The predicted molar refractivity (Wildman–Crippen MR) is 110 cm³/mol. The Kier molecular flexibility index (Phi) is 4.49. The summed E-state index contributed by atoms with van der Waals surface area (Å²) >= 11 is 1.19. The Bertz CT molecular complexity index is 1200. The van der Waals surface area contributed by atoms with Crippen LogP contribution in [0.2, 0.25) is 0 Å². The van der Waals surface area contributed by atoms with E-state index < -0.39 is 10.0 Å². The highest BCUT2D eigenvalue weighted by Crippen LogP contribution is 2.27. The van der Waals surface area contributed by atoms with Crippen LogP contribution in [-0.4, -0.2) is 18.2 Å². The van der Waals surface area contributed by atoms with Gasteiger partial charge in [0.15, 0.2) is 0 Å². The van der Waals surface area contributed by atoms with Gasteiger partial charge in [-0.2, -0.15) is 5.10 Å². The molecule has 0 aliphatic heterocycles. The van der Waals surface area contributed by atoms with Gasteiger partial charge in [0, 0.05) is 0 Å². The number of nitrogens with zero attached hydrogens (tertiary/aromatic N) is 2. The van der Waals surface area contributed by atoms with E-state index in [0.29, 0.717) is 22.1 Å². The average molecular weight is 398 g/mol. The molecule has 0 unspecified atom stereocenters. The summed E-state index contributed by atoms with van der Waals surface area (Å²) in [6, 6.07) is 17.7. The van der Waals surface area contributed by atoms with E-state index in [9.17, 15) is 8.42 Å². The van der Waals surface area contributed by atoms with Gasteiger partial charge in [-0.05, 0) is 41.6 Å². The zero-order valence-corrected chi connectivity index (χ0v) is 16.6. The second-order valence-corrected chi connectivity index (χ2v) is 9.24. The van der Waals surface area contributed by atoms with Crippen molar-refractivity contribution in [3.05, 3.63) is 76.9 Å². The Labute approximate surface area is 162 Å². The van der Waals surface area contributed by atoms with Crippen molar-refractivity contribution in [1.29, 1.82) is 0 Å². The Balaban J connectivity index is 1.69. The first-order chi connectivity index (χ1) is 13.0. The van der Waals surface area contributed by atoms with Crippen LogP contribution >= 0.6 is 11.3 Å². The van der Waals surface area contributed by atoms with E-state index in [-0.39, 0.29) is 0 Å². The monoisotopic (exact) mass is 397 g/mol. The molecule has 2 heterocycles. The lowest BCUT2D eigenvalue weighted by atomic mass is 10.0. The molecular formula is C20H19N3O2S2. The highest BCUT2D eigenvalue weighted by atomic mass is 32.2. The fourth-order valence-corrected chi connectivity index (χ4v) is 5.36. The summed E-state index contributed by atoms with van der Waals surface area (Å²) in [4.78, 5) is 0. The molecule has 0 saturated carbocycles. The molecule has 1 N–H and O–H groups in total. The number of rotatable bonds is 5. The van der Waals surface area contributed by atoms with Gasteiger partial charge in [0.25, 0.3) is 10.0 Å². The number of hydrogen-bond acceptors (Lipinski definition) is 4. The van der Waals surface area contributed by atoms with Crippen molar-refractivity contribution in [3.8, 4) is 0 Å². The quantitative estimate of drug-likeness (QED) is 0.537. The first kappa shape index (κ1) is 17.8. The predicted octanol–water partition coefficient (Wildman–Crippen LogP) is 4.56. The van der Waals surface area contributed by atoms with Crippen molar-refractivity contribution in [2.24, 2.45) is 0 Å². The van der Waals surface area contributed by atoms with Gasteiger partial charge in [0.1, 0.15) is 4.21 Å². The summed E-state index contributed by atoms with van der Waals surface area (Å²) in [6.45, 7) is 4.28. The first-order valence-corrected chi connectivity index (χ1v) is 10.9. The van der Waals surface area contributed by atoms with Crippen LogP contribution in [0.1, 0.15) is 17.0 Å². The SMILES string of the molecule is Cc1nn(Cc2cccc3ccccc23)c(C)c1NS(=O)(=O)c1cccs1. The van der Waals surface area contributed by atoms with Crippen molar-refractivity contribution < 1.29 is 8.42 Å². The molecule has 0 aliphatic carbocycles. The number of thiophene rings is 1. The molecule has 7 heteroatoms. The molecule has 4 aromatic rings. The van der Waals surface area contributed by atoms with Gasteiger partial charge in [-0.3, -0.25) is 9.40 Å². The van der Waals surface area contributed by atoms with Crippen LogP contribution in [0.4, 0.5) is 5.69 Å². The second kappa shape index (κ2) is 6.83. The van der Waals surface area contributed by atoms with Crippen molar-refractivity contribution in [1.82, 2.24) is 9.78 Å². The minimum atomic E-state index is -3.59. The van der Waals surface area contributed by atoms with Gasteiger partial charge < -0.3 is 0 Å². The normalized spacial score (nSPS) is 11.8. The van der Waals surface area contributed by atoms with Crippen LogP contribution in [0.3, 0.4) is 0 Å². The highest BCUT2D eigenvalue weighted by Gasteiger charge is 2.21. The molecule has 4 rings (SSSR count). The van der Waals surface area contributed by atoms with Crippen LogP contribution in [0.5, 0.6) is 0 Å². The zero-order valence-electron chi connectivity index (χ0n) is 15.0. The summed E-state index contributed by atoms with van der Waals surface area (Å²) in [5.74, 6) is 0. The summed E-state index contributed by atoms with van der Waals surface area (Å²) in [6.07, 6.45) is 0. The average Bonchev–Trinajstić information content (AvgIpc) is 3.28. The van der Waals surface area contributed by atoms with Crippen LogP contribution in [0.25, 0.3) is 10.8 Å². The molecule has 0 saturated heterocycles. The minimum absolute atomic E-state index is 0.295. The van der Waals surface area contributed by atoms with Gasteiger partial charge in [0.2, 0.25) is 0 Å². The van der Waals surface area contributed by atoms with Gasteiger partial charge in [-0.1, -0.05) is 48.5 Å². The highest BCUT2D eigenvalue weighted by molar-refractivity contribution is 7.94. The maximum absolute atomic E-state index is 12.6. The zero-order chi connectivity index (χ0) is 19.0. The lowest BCUT2D eigenvalue weighted by Gasteiger charge is -2.10. The molecule has 0 bridgehead atoms. The number of nitrogens with one attached hydrogen (secondary N) is 1. The van der Waals surface area contributed by atoms with E-state index >= 15 is 0 Å². The third kappa shape index (κ3) is 3.36. The van der Waals surface area contributed by atoms with E-state index in [4.69, 9.17) is 0 Å². The number of aryl methyl sites for hydroxylation is 1. The molecular weight excluding hydrogens is 378 g/mol. The second-order valence-electron chi connectivity index (χ2n) is 6.38. The van der Waals surface area contributed by atoms with Gasteiger partial charge in [-0.25, -0.2) is 8.42 Å².